The van der Waals surface area contributed by atoms with E-state index in [2.05, 4.69) is 10.6 Å². The van der Waals surface area contributed by atoms with Gasteiger partial charge in [-0.1, -0.05) is 6.07 Å². The fourth-order valence-electron chi connectivity index (χ4n) is 2.27. The summed E-state index contributed by atoms with van der Waals surface area (Å²) < 4.78 is 5.09. The Morgan fingerprint density at radius 1 is 1.54 bits per heavy atom. The van der Waals surface area contributed by atoms with E-state index < -0.39 is 12.0 Å². The first kappa shape index (κ1) is 18.3. The Labute approximate surface area is 149 Å². The fourth-order valence-corrected chi connectivity index (χ4v) is 3.20. The largest absolute Gasteiger partial charge is 0.463 e. The molecule has 0 saturated carbocycles. The monoisotopic (exact) mass is 369 g/mol. The van der Waals surface area contributed by atoms with Crippen LogP contribution in [0.5, 0.6) is 0 Å². The van der Waals surface area contributed by atoms with Crippen molar-refractivity contribution in [2.45, 2.75) is 32.4 Å². The molecular formula is C15H19N3O4S2. The molecule has 130 valence electrons. The van der Waals surface area contributed by atoms with Crippen molar-refractivity contribution in [1.82, 2.24) is 15.5 Å². The SMILES string of the molecule is CC(C)OC(=O)C[C@@H]1C(=O)NCCN1C(=S)NC(=O)c1cccs1. The second kappa shape index (κ2) is 8.20. The van der Waals surface area contributed by atoms with Crippen LogP contribution in [0.4, 0.5) is 0 Å². The summed E-state index contributed by atoms with van der Waals surface area (Å²) in [6.45, 7) is 4.28. The molecule has 2 N–H and O–H groups in total. The van der Waals surface area contributed by atoms with E-state index in [1.54, 1.807) is 36.3 Å². The average Bonchev–Trinajstić information content (AvgIpc) is 3.02. The van der Waals surface area contributed by atoms with Crippen molar-refractivity contribution in [2.75, 3.05) is 13.1 Å². The minimum absolute atomic E-state index is 0.126. The molecule has 1 saturated heterocycles. The zero-order valence-corrected chi connectivity index (χ0v) is 15.0. The maximum atomic E-state index is 12.1. The molecule has 0 spiro atoms. The lowest BCUT2D eigenvalue weighted by molar-refractivity contribution is -0.150. The summed E-state index contributed by atoms with van der Waals surface area (Å²) >= 11 is 6.56. The van der Waals surface area contributed by atoms with Crippen LogP contribution in [0.3, 0.4) is 0 Å². The number of nitrogens with zero attached hydrogens (tertiary/aromatic N) is 1. The Morgan fingerprint density at radius 3 is 2.92 bits per heavy atom. The number of nitrogens with one attached hydrogen (secondary N) is 2. The molecule has 1 aromatic heterocycles. The molecule has 1 aromatic rings. The van der Waals surface area contributed by atoms with Gasteiger partial charge in [-0.05, 0) is 37.5 Å². The molecule has 0 bridgehead atoms. The Morgan fingerprint density at radius 2 is 2.29 bits per heavy atom. The van der Waals surface area contributed by atoms with E-state index in [9.17, 15) is 14.4 Å². The first-order valence-electron chi connectivity index (χ1n) is 7.51. The van der Waals surface area contributed by atoms with Crippen LogP contribution in [0.2, 0.25) is 0 Å². The predicted molar refractivity (Wildman–Crippen MR) is 93.7 cm³/mol. The van der Waals surface area contributed by atoms with Crippen molar-refractivity contribution in [3.05, 3.63) is 22.4 Å². The maximum absolute atomic E-state index is 12.1. The van der Waals surface area contributed by atoms with Gasteiger partial charge in [-0.3, -0.25) is 19.7 Å². The van der Waals surface area contributed by atoms with Crippen LogP contribution in [0.15, 0.2) is 17.5 Å². The molecule has 2 amide bonds. The predicted octanol–water partition coefficient (Wildman–Crippen LogP) is 0.905. The molecule has 7 nitrogen and oxygen atoms in total. The van der Waals surface area contributed by atoms with E-state index in [4.69, 9.17) is 17.0 Å². The number of hydrogen-bond donors (Lipinski definition) is 2. The highest BCUT2D eigenvalue weighted by Gasteiger charge is 2.34. The van der Waals surface area contributed by atoms with Crippen molar-refractivity contribution in [2.24, 2.45) is 0 Å². The molecule has 1 atom stereocenters. The summed E-state index contributed by atoms with van der Waals surface area (Å²) in [6, 6.07) is 2.66. The van der Waals surface area contributed by atoms with E-state index >= 15 is 0 Å². The van der Waals surface area contributed by atoms with E-state index in [1.165, 1.54) is 11.3 Å². The van der Waals surface area contributed by atoms with Crippen LogP contribution in [0.1, 0.15) is 29.9 Å². The van der Waals surface area contributed by atoms with Crippen LogP contribution in [0, 0.1) is 0 Å². The molecule has 9 heteroatoms. The van der Waals surface area contributed by atoms with E-state index in [1.807, 2.05) is 0 Å². The molecule has 2 heterocycles. The second-order valence-electron chi connectivity index (χ2n) is 5.48. The van der Waals surface area contributed by atoms with Gasteiger partial charge in [-0.2, -0.15) is 0 Å². The zero-order valence-electron chi connectivity index (χ0n) is 13.4. The molecule has 0 radical (unpaired) electrons. The molecular weight excluding hydrogens is 350 g/mol. The van der Waals surface area contributed by atoms with Gasteiger partial charge in [0.05, 0.1) is 17.4 Å². The van der Waals surface area contributed by atoms with Crippen molar-refractivity contribution in [1.29, 1.82) is 0 Å². The Balaban J connectivity index is 2.04. The highest BCUT2D eigenvalue weighted by atomic mass is 32.1. The van der Waals surface area contributed by atoms with Gasteiger partial charge >= 0.3 is 5.97 Å². The number of carbonyl (C=O) groups is 3. The Kier molecular flexibility index (Phi) is 6.27. The maximum Gasteiger partial charge on any atom is 0.308 e. The van der Waals surface area contributed by atoms with Crippen LogP contribution in [-0.2, 0) is 14.3 Å². The van der Waals surface area contributed by atoms with Crippen LogP contribution in [0.25, 0.3) is 0 Å². The van der Waals surface area contributed by atoms with Crippen molar-refractivity contribution >= 4 is 46.5 Å². The number of carbonyl (C=O) groups excluding carboxylic acids is 3. The van der Waals surface area contributed by atoms with Gasteiger partial charge in [-0.15, -0.1) is 11.3 Å². The number of esters is 1. The van der Waals surface area contributed by atoms with Crippen LogP contribution < -0.4 is 10.6 Å². The number of thiocarbonyl (C=S) groups is 1. The first-order valence-corrected chi connectivity index (χ1v) is 8.80. The minimum Gasteiger partial charge on any atom is -0.463 e. The van der Waals surface area contributed by atoms with Gasteiger partial charge in [0.15, 0.2) is 5.11 Å². The normalized spacial score (nSPS) is 17.4. The lowest BCUT2D eigenvalue weighted by atomic mass is 10.1. The smallest absolute Gasteiger partial charge is 0.308 e. The number of ether oxygens (including phenoxy) is 1. The molecule has 24 heavy (non-hydrogen) atoms. The first-order chi connectivity index (χ1) is 11.4. The number of amides is 2. The van der Waals surface area contributed by atoms with Crippen LogP contribution >= 0.6 is 23.6 Å². The number of hydrogen-bond acceptors (Lipinski definition) is 6. The molecule has 0 unspecified atom stereocenters. The second-order valence-corrected chi connectivity index (χ2v) is 6.81. The summed E-state index contributed by atoms with van der Waals surface area (Å²) in [5, 5.41) is 7.23. The minimum atomic E-state index is -0.791. The molecule has 1 aliphatic heterocycles. The fraction of sp³-hybridized carbons (Fsp3) is 0.467. The van der Waals surface area contributed by atoms with Gasteiger partial charge in [0.25, 0.3) is 5.91 Å². The Bertz CT molecular complexity index is 631. The molecule has 0 aliphatic carbocycles. The molecule has 1 aliphatic rings. The van der Waals surface area contributed by atoms with Gasteiger partial charge in [-0.25, -0.2) is 0 Å². The number of piperazine rings is 1. The number of thiophene rings is 1. The highest BCUT2D eigenvalue weighted by Crippen LogP contribution is 2.13. The topological polar surface area (TPSA) is 87.7 Å². The molecule has 2 rings (SSSR count). The lowest BCUT2D eigenvalue weighted by Crippen LogP contribution is -2.60. The van der Waals surface area contributed by atoms with Crippen LogP contribution in [-0.4, -0.2) is 53.0 Å². The number of rotatable bonds is 4. The standard InChI is InChI=1S/C15H19N3O4S2/c1-9(2)22-12(19)8-10-13(20)16-5-6-18(10)15(23)17-14(21)11-4-3-7-24-11/h3-4,7,9-10H,5-6,8H2,1-2H3,(H,16,20)(H,17,21,23)/t10-/m1/s1. The third kappa shape index (κ3) is 4.75. The molecule has 0 aromatic carbocycles. The van der Waals surface area contributed by atoms with Crippen molar-refractivity contribution < 1.29 is 19.1 Å². The van der Waals surface area contributed by atoms with Gasteiger partial charge in [0, 0.05) is 13.1 Å². The quantitative estimate of drug-likeness (QED) is 0.606. The average molecular weight is 369 g/mol. The summed E-state index contributed by atoms with van der Waals surface area (Å²) in [5.74, 6) is -1.12. The van der Waals surface area contributed by atoms with Crippen molar-refractivity contribution in [3.63, 3.8) is 0 Å². The van der Waals surface area contributed by atoms with E-state index in [0.29, 0.717) is 18.0 Å². The van der Waals surface area contributed by atoms with Gasteiger partial charge in [0.1, 0.15) is 6.04 Å². The third-order valence-electron chi connectivity index (χ3n) is 3.28. The summed E-state index contributed by atoms with van der Waals surface area (Å²) in [7, 11) is 0. The summed E-state index contributed by atoms with van der Waals surface area (Å²) in [5.41, 5.74) is 0. The summed E-state index contributed by atoms with van der Waals surface area (Å²) in [6.07, 6.45) is -0.387. The Hall–Kier alpha value is -2.00. The van der Waals surface area contributed by atoms with E-state index in [0.717, 1.165) is 0 Å². The highest BCUT2D eigenvalue weighted by molar-refractivity contribution is 7.80. The zero-order chi connectivity index (χ0) is 17.7. The summed E-state index contributed by atoms with van der Waals surface area (Å²) in [4.78, 5) is 38.2. The molecule has 1 fully saturated rings. The third-order valence-corrected chi connectivity index (χ3v) is 4.49. The van der Waals surface area contributed by atoms with Gasteiger partial charge < -0.3 is 15.0 Å². The lowest BCUT2D eigenvalue weighted by Gasteiger charge is -2.36. The van der Waals surface area contributed by atoms with Gasteiger partial charge in [0.2, 0.25) is 5.91 Å². The van der Waals surface area contributed by atoms with Crippen molar-refractivity contribution in [3.8, 4) is 0 Å². The van der Waals surface area contributed by atoms with E-state index in [-0.39, 0.29) is 29.5 Å².